The highest BCUT2D eigenvalue weighted by Crippen LogP contribution is 2.14. The smallest absolute Gasteiger partial charge is 0.269 e. The summed E-state index contributed by atoms with van der Waals surface area (Å²) in [5.41, 5.74) is 1.45. The molecule has 0 radical (unpaired) electrons. The lowest BCUT2D eigenvalue weighted by molar-refractivity contribution is 0.102. The van der Waals surface area contributed by atoms with E-state index in [1.807, 2.05) is 6.92 Å². The van der Waals surface area contributed by atoms with Crippen LogP contribution < -0.4 is 5.32 Å². The van der Waals surface area contributed by atoms with Crippen LogP contribution >= 0.6 is 11.5 Å². The van der Waals surface area contributed by atoms with Crippen LogP contribution in [0.4, 0.5) is 5.69 Å². The standard InChI is InChI=1S/C10H10N4OS/c1-2-8-9(16-14-13-8)10(15)12-7-3-5-11-6-4-7/h3-6H,2H2,1H3,(H,11,12,15). The molecule has 0 saturated carbocycles. The van der Waals surface area contributed by atoms with Crippen LogP contribution in [-0.4, -0.2) is 20.5 Å². The van der Waals surface area contributed by atoms with Crippen molar-refractivity contribution < 1.29 is 4.79 Å². The van der Waals surface area contributed by atoms with Crippen LogP contribution in [0.25, 0.3) is 0 Å². The lowest BCUT2D eigenvalue weighted by Gasteiger charge is -2.02. The molecule has 2 aromatic rings. The molecule has 0 fully saturated rings. The second-order valence-corrected chi connectivity index (χ2v) is 3.85. The molecule has 82 valence electrons. The highest BCUT2D eigenvalue weighted by Gasteiger charge is 2.14. The first kappa shape index (κ1) is 10.7. The third kappa shape index (κ3) is 2.22. The fourth-order valence-corrected chi connectivity index (χ4v) is 1.88. The molecule has 1 N–H and O–H groups in total. The first-order chi connectivity index (χ1) is 7.81. The molecule has 0 unspecified atom stereocenters. The highest BCUT2D eigenvalue weighted by molar-refractivity contribution is 7.08. The molecule has 2 aromatic heterocycles. The van der Waals surface area contributed by atoms with Crippen molar-refractivity contribution >= 4 is 23.1 Å². The van der Waals surface area contributed by atoms with E-state index in [2.05, 4.69) is 19.9 Å². The number of nitrogens with zero attached hydrogens (tertiary/aromatic N) is 3. The summed E-state index contributed by atoms with van der Waals surface area (Å²) in [7, 11) is 0. The Balaban J connectivity index is 2.15. The number of hydrogen-bond acceptors (Lipinski definition) is 5. The van der Waals surface area contributed by atoms with Crippen LogP contribution in [0.15, 0.2) is 24.5 Å². The van der Waals surface area contributed by atoms with E-state index in [1.54, 1.807) is 24.5 Å². The van der Waals surface area contributed by atoms with E-state index in [9.17, 15) is 4.79 Å². The molecule has 0 atom stereocenters. The van der Waals surface area contributed by atoms with Gasteiger partial charge in [-0.1, -0.05) is 11.4 Å². The Morgan fingerprint density at radius 1 is 1.44 bits per heavy atom. The third-order valence-corrected chi connectivity index (χ3v) is 2.80. The molecule has 0 spiro atoms. The molecule has 6 heteroatoms. The highest BCUT2D eigenvalue weighted by atomic mass is 32.1. The van der Waals surface area contributed by atoms with E-state index in [1.165, 1.54) is 0 Å². The molecule has 0 aliphatic carbocycles. The van der Waals surface area contributed by atoms with Crippen molar-refractivity contribution in [2.45, 2.75) is 13.3 Å². The van der Waals surface area contributed by atoms with E-state index in [-0.39, 0.29) is 5.91 Å². The van der Waals surface area contributed by atoms with Crippen molar-refractivity contribution in [2.24, 2.45) is 0 Å². The zero-order valence-electron chi connectivity index (χ0n) is 8.67. The first-order valence-electron chi connectivity index (χ1n) is 4.84. The number of pyridine rings is 1. The number of amides is 1. The Hall–Kier alpha value is -1.82. The van der Waals surface area contributed by atoms with Crippen molar-refractivity contribution in [3.05, 3.63) is 35.1 Å². The molecule has 2 heterocycles. The zero-order valence-corrected chi connectivity index (χ0v) is 9.49. The number of carbonyl (C=O) groups excluding carboxylic acids is 1. The van der Waals surface area contributed by atoms with Gasteiger partial charge in [0.25, 0.3) is 5.91 Å². The molecular formula is C10H10N4OS. The molecule has 0 aliphatic heterocycles. The van der Waals surface area contributed by atoms with Crippen LogP contribution in [0.2, 0.25) is 0 Å². The molecule has 2 rings (SSSR count). The van der Waals surface area contributed by atoms with Crippen LogP contribution in [0.3, 0.4) is 0 Å². The number of nitrogens with one attached hydrogen (secondary N) is 1. The Kier molecular flexibility index (Phi) is 3.21. The fourth-order valence-electron chi connectivity index (χ4n) is 1.24. The van der Waals surface area contributed by atoms with Gasteiger partial charge >= 0.3 is 0 Å². The van der Waals surface area contributed by atoms with Crippen molar-refractivity contribution in [2.75, 3.05) is 5.32 Å². The topological polar surface area (TPSA) is 67.8 Å². The molecule has 16 heavy (non-hydrogen) atoms. The summed E-state index contributed by atoms with van der Waals surface area (Å²) in [5, 5.41) is 6.66. The Morgan fingerprint density at radius 3 is 2.88 bits per heavy atom. The van der Waals surface area contributed by atoms with E-state index in [0.29, 0.717) is 11.3 Å². The average Bonchev–Trinajstić information content (AvgIpc) is 2.78. The van der Waals surface area contributed by atoms with Crippen LogP contribution in [0.5, 0.6) is 0 Å². The molecular weight excluding hydrogens is 224 g/mol. The average molecular weight is 234 g/mol. The van der Waals surface area contributed by atoms with Gasteiger partial charge in [-0.3, -0.25) is 9.78 Å². The summed E-state index contributed by atoms with van der Waals surface area (Å²) in [6, 6.07) is 3.47. The normalized spacial score (nSPS) is 10.1. The summed E-state index contributed by atoms with van der Waals surface area (Å²) in [5.74, 6) is -0.168. The minimum absolute atomic E-state index is 0.168. The van der Waals surface area contributed by atoms with E-state index in [4.69, 9.17) is 0 Å². The van der Waals surface area contributed by atoms with Gasteiger partial charge in [0.15, 0.2) is 0 Å². The Labute approximate surface area is 96.7 Å². The minimum Gasteiger partial charge on any atom is -0.321 e. The van der Waals surface area contributed by atoms with Gasteiger partial charge in [0.1, 0.15) is 4.88 Å². The molecule has 0 bridgehead atoms. The molecule has 0 aliphatic rings. The zero-order chi connectivity index (χ0) is 11.4. The van der Waals surface area contributed by atoms with E-state index >= 15 is 0 Å². The van der Waals surface area contributed by atoms with Crippen molar-refractivity contribution in [1.29, 1.82) is 0 Å². The maximum atomic E-state index is 11.9. The number of aryl methyl sites for hydroxylation is 1. The van der Waals surface area contributed by atoms with Crippen molar-refractivity contribution in [3.63, 3.8) is 0 Å². The monoisotopic (exact) mass is 234 g/mol. The van der Waals surface area contributed by atoms with E-state index < -0.39 is 0 Å². The maximum Gasteiger partial charge on any atom is 0.269 e. The number of hydrogen-bond donors (Lipinski definition) is 1. The molecule has 5 nitrogen and oxygen atoms in total. The van der Waals surface area contributed by atoms with Gasteiger partial charge in [-0.15, -0.1) is 5.10 Å². The summed E-state index contributed by atoms with van der Waals surface area (Å²) < 4.78 is 3.77. The molecule has 1 amide bonds. The summed E-state index contributed by atoms with van der Waals surface area (Å²) in [6.07, 6.45) is 3.96. The number of carbonyl (C=O) groups is 1. The summed E-state index contributed by atoms with van der Waals surface area (Å²) in [6.45, 7) is 1.94. The second-order valence-electron chi connectivity index (χ2n) is 3.09. The molecule has 0 aromatic carbocycles. The Morgan fingerprint density at radius 2 is 2.19 bits per heavy atom. The minimum atomic E-state index is -0.168. The predicted octanol–water partition coefficient (Wildman–Crippen LogP) is 1.75. The van der Waals surface area contributed by atoms with Crippen LogP contribution in [0, 0.1) is 0 Å². The second kappa shape index (κ2) is 4.80. The predicted molar refractivity (Wildman–Crippen MR) is 61.5 cm³/mol. The van der Waals surface area contributed by atoms with Gasteiger partial charge < -0.3 is 5.32 Å². The Bertz CT molecular complexity index is 483. The summed E-state index contributed by atoms with van der Waals surface area (Å²) >= 11 is 1.11. The lowest BCUT2D eigenvalue weighted by Crippen LogP contribution is -2.12. The van der Waals surface area contributed by atoms with E-state index in [0.717, 1.165) is 22.9 Å². The number of rotatable bonds is 3. The number of anilines is 1. The maximum absolute atomic E-state index is 11.9. The SMILES string of the molecule is CCc1nnsc1C(=O)Nc1ccncc1. The van der Waals surface area contributed by atoms with Gasteiger partial charge in [-0.05, 0) is 30.1 Å². The van der Waals surface area contributed by atoms with Gasteiger partial charge in [-0.25, -0.2) is 0 Å². The van der Waals surface area contributed by atoms with Gasteiger partial charge in [0, 0.05) is 18.1 Å². The first-order valence-corrected chi connectivity index (χ1v) is 5.61. The third-order valence-electron chi connectivity index (χ3n) is 2.04. The molecule has 0 saturated heterocycles. The fraction of sp³-hybridized carbons (Fsp3) is 0.200. The largest absolute Gasteiger partial charge is 0.321 e. The van der Waals surface area contributed by atoms with Crippen molar-refractivity contribution in [1.82, 2.24) is 14.6 Å². The van der Waals surface area contributed by atoms with Gasteiger partial charge in [-0.2, -0.15) is 0 Å². The van der Waals surface area contributed by atoms with Gasteiger partial charge in [0.2, 0.25) is 0 Å². The lowest BCUT2D eigenvalue weighted by atomic mass is 10.3. The number of aromatic nitrogens is 3. The van der Waals surface area contributed by atoms with Crippen LogP contribution in [-0.2, 0) is 6.42 Å². The summed E-state index contributed by atoms with van der Waals surface area (Å²) in [4.78, 5) is 16.3. The quantitative estimate of drug-likeness (QED) is 0.878. The van der Waals surface area contributed by atoms with Crippen LogP contribution in [0.1, 0.15) is 22.3 Å². The van der Waals surface area contributed by atoms with Crippen molar-refractivity contribution in [3.8, 4) is 0 Å². The van der Waals surface area contributed by atoms with Gasteiger partial charge in [0.05, 0.1) is 5.69 Å².